The molecule has 0 aliphatic rings. The summed E-state index contributed by atoms with van der Waals surface area (Å²) < 4.78 is 1.40. The van der Waals surface area contributed by atoms with Gasteiger partial charge < -0.3 is 16.0 Å². The molecule has 0 saturated heterocycles. The zero-order valence-electron chi connectivity index (χ0n) is 8.86. The molecule has 5 nitrogen and oxygen atoms in total. The predicted octanol–water partition coefficient (Wildman–Crippen LogP) is -0.140. The number of nitrogen functional groups attached to an aromatic ring is 1. The van der Waals surface area contributed by atoms with Crippen LogP contribution in [-0.4, -0.2) is 10.5 Å². The first-order valence-corrected chi connectivity index (χ1v) is 4.67. The van der Waals surface area contributed by atoms with Gasteiger partial charge in [-0.25, -0.2) is 0 Å². The second-order valence-corrected chi connectivity index (χ2v) is 3.71. The van der Waals surface area contributed by atoms with Gasteiger partial charge in [0.2, 0.25) is 5.91 Å². The molecule has 0 saturated carbocycles. The molecule has 0 aliphatic heterocycles. The molecule has 0 spiro atoms. The van der Waals surface area contributed by atoms with Crippen LogP contribution in [0, 0.1) is 12.8 Å². The van der Waals surface area contributed by atoms with Crippen molar-refractivity contribution in [1.82, 2.24) is 4.57 Å². The predicted molar refractivity (Wildman–Crippen MR) is 58.2 cm³/mol. The molecule has 0 bridgehead atoms. The van der Waals surface area contributed by atoms with Crippen molar-refractivity contribution in [3.63, 3.8) is 0 Å². The number of carbonyl (C=O) groups excluding carboxylic acids is 1. The number of aryl methyl sites for hydroxylation is 1. The van der Waals surface area contributed by atoms with Crippen LogP contribution in [0.1, 0.15) is 12.5 Å². The number of anilines is 1. The Bertz CT molecular complexity index is 437. The van der Waals surface area contributed by atoms with Crippen LogP contribution < -0.4 is 17.0 Å². The number of hydrogen-bond acceptors (Lipinski definition) is 3. The van der Waals surface area contributed by atoms with Crippen molar-refractivity contribution < 1.29 is 4.79 Å². The molecule has 0 radical (unpaired) electrons. The molecular formula is C10H15N3O2. The van der Waals surface area contributed by atoms with Gasteiger partial charge >= 0.3 is 0 Å². The van der Waals surface area contributed by atoms with Crippen LogP contribution in [0.3, 0.4) is 0 Å². The topological polar surface area (TPSA) is 91.1 Å². The lowest BCUT2D eigenvalue weighted by Crippen LogP contribution is -2.29. The fourth-order valence-electron chi connectivity index (χ4n) is 1.21. The zero-order chi connectivity index (χ0) is 11.6. The summed E-state index contributed by atoms with van der Waals surface area (Å²) in [7, 11) is 0. The van der Waals surface area contributed by atoms with Gasteiger partial charge in [-0.1, -0.05) is 6.92 Å². The van der Waals surface area contributed by atoms with Gasteiger partial charge in [-0.05, 0) is 12.5 Å². The highest BCUT2D eigenvalue weighted by Crippen LogP contribution is 2.07. The monoisotopic (exact) mass is 209 g/mol. The molecular weight excluding hydrogens is 194 g/mol. The van der Waals surface area contributed by atoms with E-state index in [1.807, 2.05) is 0 Å². The number of primary amides is 1. The van der Waals surface area contributed by atoms with Crippen molar-refractivity contribution in [2.75, 3.05) is 5.73 Å². The molecule has 0 aliphatic carbocycles. The van der Waals surface area contributed by atoms with Crippen LogP contribution in [-0.2, 0) is 11.3 Å². The van der Waals surface area contributed by atoms with E-state index in [9.17, 15) is 9.59 Å². The standard InChI is InChI=1S/C10H15N3O2/c1-6-3-9(14)13(5-8(6)11)4-7(2)10(12)15/h3,5,7H,4,11H2,1-2H3,(H2,12,15). The van der Waals surface area contributed by atoms with Crippen LogP contribution in [0.2, 0.25) is 0 Å². The van der Waals surface area contributed by atoms with E-state index in [0.29, 0.717) is 5.69 Å². The average molecular weight is 209 g/mol. The second-order valence-electron chi connectivity index (χ2n) is 3.71. The van der Waals surface area contributed by atoms with E-state index in [1.165, 1.54) is 16.8 Å². The number of pyridine rings is 1. The highest BCUT2D eigenvalue weighted by Gasteiger charge is 2.10. The summed E-state index contributed by atoms with van der Waals surface area (Å²) in [6.07, 6.45) is 1.54. The van der Waals surface area contributed by atoms with Gasteiger partial charge in [-0.3, -0.25) is 9.59 Å². The largest absolute Gasteiger partial charge is 0.397 e. The highest BCUT2D eigenvalue weighted by atomic mass is 16.1. The van der Waals surface area contributed by atoms with Crippen molar-refractivity contribution in [2.24, 2.45) is 11.7 Å². The Morgan fingerprint density at radius 1 is 1.60 bits per heavy atom. The molecule has 1 heterocycles. The van der Waals surface area contributed by atoms with Gasteiger partial charge in [-0.15, -0.1) is 0 Å². The maximum atomic E-state index is 11.5. The SMILES string of the molecule is Cc1cc(=O)n(CC(C)C(N)=O)cc1N. The zero-order valence-corrected chi connectivity index (χ0v) is 8.86. The number of aromatic nitrogens is 1. The van der Waals surface area contributed by atoms with E-state index in [1.54, 1.807) is 13.8 Å². The third-order valence-electron chi connectivity index (χ3n) is 2.33. The van der Waals surface area contributed by atoms with Crippen LogP contribution in [0.4, 0.5) is 5.69 Å². The first-order valence-electron chi connectivity index (χ1n) is 4.67. The number of nitrogens with two attached hydrogens (primary N) is 2. The minimum atomic E-state index is -0.430. The Morgan fingerprint density at radius 2 is 2.20 bits per heavy atom. The van der Waals surface area contributed by atoms with E-state index < -0.39 is 5.91 Å². The lowest BCUT2D eigenvalue weighted by Gasteiger charge is -2.11. The van der Waals surface area contributed by atoms with Crippen molar-refractivity contribution >= 4 is 11.6 Å². The van der Waals surface area contributed by atoms with Crippen LogP contribution in [0.25, 0.3) is 0 Å². The summed E-state index contributed by atoms with van der Waals surface area (Å²) in [5, 5.41) is 0. The summed E-state index contributed by atoms with van der Waals surface area (Å²) >= 11 is 0. The van der Waals surface area contributed by atoms with Gasteiger partial charge in [0.25, 0.3) is 5.56 Å². The van der Waals surface area contributed by atoms with Crippen LogP contribution >= 0.6 is 0 Å². The molecule has 4 N–H and O–H groups in total. The quantitative estimate of drug-likeness (QED) is 0.725. The summed E-state index contributed by atoms with van der Waals surface area (Å²) in [5.74, 6) is -0.814. The van der Waals surface area contributed by atoms with Crippen molar-refractivity contribution in [2.45, 2.75) is 20.4 Å². The Labute approximate surface area is 87.7 Å². The summed E-state index contributed by atoms with van der Waals surface area (Å²) in [6.45, 7) is 3.70. The summed E-state index contributed by atoms with van der Waals surface area (Å²) in [6, 6.07) is 1.45. The van der Waals surface area contributed by atoms with E-state index >= 15 is 0 Å². The van der Waals surface area contributed by atoms with Gasteiger partial charge in [0, 0.05) is 18.8 Å². The van der Waals surface area contributed by atoms with Gasteiger partial charge in [0.15, 0.2) is 0 Å². The summed E-state index contributed by atoms with van der Waals surface area (Å²) in [5.41, 5.74) is 11.9. The molecule has 1 aromatic heterocycles. The van der Waals surface area contributed by atoms with E-state index in [-0.39, 0.29) is 18.0 Å². The number of hydrogen-bond donors (Lipinski definition) is 2. The molecule has 1 rings (SSSR count). The third-order valence-corrected chi connectivity index (χ3v) is 2.33. The number of amides is 1. The van der Waals surface area contributed by atoms with E-state index in [0.717, 1.165) is 5.56 Å². The smallest absolute Gasteiger partial charge is 0.250 e. The van der Waals surface area contributed by atoms with Crippen molar-refractivity contribution in [1.29, 1.82) is 0 Å². The maximum Gasteiger partial charge on any atom is 0.250 e. The fourth-order valence-corrected chi connectivity index (χ4v) is 1.21. The molecule has 0 aromatic carbocycles. The Balaban J connectivity index is 3.01. The van der Waals surface area contributed by atoms with Crippen molar-refractivity contribution in [3.8, 4) is 0 Å². The second kappa shape index (κ2) is 4.16. The molecule has 1 atom stereocenters. The molecule has 82 valence electrons. The fraction of sp³-hybridized carbons (Fsp3) is 0.400. The van der Waals surface area contributed by atoms with Gasteiger partial charge in [0.1, 0.15) is 0 Å². The average Bonchev–Trinajstić information content (AvgIpc) is 2.13. The van der Waals surface area contributed by atoms with Gasteiger partial charge in [-0.2, -0.15) is 0 Å². The number of rotatable bonds is 3. The van der Waals surface area contributed by atoms with E-state index in [4.69, 9.17) is 11.5 Å². The number of carbonyl (C=O) groups is 1. The molecule has 1 amide bonds. The maximum absolute atomic E-state index is 11.5. The summed E-state index contributed by atoms with van der Waals surface area (Å²) in [4.78, 5) is 22.3. The number of nitrogens with zero attached hydrogens (tertiary/aromatic N) is 1. The lowest BCUT2D eigenvalue weighted by atomic mass is 10.1. The highest BCUT2D eigenvalue weighted by molar-refractivity contribution is 5.76. The first-order chi connectivity index (χ1) is 6.91. The minimum Gasteiger partial charge on any atom is -0.397 e. The minimum absolute atomic E-state index is 0.171. The van der Waals surface area contributed by atoms with Crippen LogP contribution in [0.15, 0.2) is 17.1 Å². The molecule has 15 heavy (non-hydrogen) atoms. The Kier molecular flexibility index (Phi) is 3.14. The van der Waals surface area contributed by atoms with Crippen LogP contribution in [0.5, 0.6) is 0 Å². The Morgan fingerprint density at radius 3 is 2.73 bits per heavy atom. The molecule has 1 aromatic rings. The van der Waals surface area contributed by atoms with Crippen molar-refractivity contribution in [3.05, 3.63) is 28.2 Å². The Hall–Kier alpha value is -1.78. The van der Waals surface area contributed by atoms with Gasteiger partial charge in [0.05, 0.1) is 11.6 Å². The normalized spacial score (nSPS) is 12.4. The lowest BCUT2D eigenvalue weighted by molar-refractivity contribution is -0.121. The molecule has 1 unspecified atom stereocenters. The first kappa shape index (κ1) is 11.3. The molecule has 5 heteroatoms. The van der Waals surface area contributed by atoms with E-state index in [2.05, 4.69) is 0 Å². The third kappa shape index (κ3) is 2.59. The molecule has 0 fully saturated rings.